The molecule has 0 radical (unpaired) electrons. The largest absolute Gasteiger partial charge is 0.413 e. The van der Waals surface area contributed by atoms with Gasteiger partial charge in [0.15, 0.2) is 8.32 Å². The zero-order chi connectivity index (χ0) is 19.7. The summed E-state index contributed by atoms with van der Waals surface area (Å²) in [7, 11) is -1.71. The number of rotatable bonds is 7. The van der Waals surface area contributed by atoms with E-state index >= 15 is 0 Å². The van der Waals surface area contributed by atoms with Gasteiger partial charge in [0.1, 0.15) is 0 Å². The summed E-state index contributed by atoms with van der Waals surface area (Å²) in [6, 6.07) is 5.90. The summed E-state index contributed by atoms with van der Waals surface area (Å²) in [6.07, 6.45) is 0. The minimum absolute atomic E-state index is 0.223. The minimum Gasteiger partial charge on any atom is -0.413 e. The van der Waals surface area contributed by atoms with Crippen molar-refractivity contribution in [1.82, 2.24) is 4.90 Å². The second-order valence-electron chi connectivity index (χ2n) is 7.77. The predicted molar refractivity (Wildman–Crippen MR) is 116 cm³/mol. The lowest BCUT2D eigenvalue weighted by Gasteiger charge is -2.36. The lowest BCUT2D eigenvalue weighted by molar-refractivity contribution is 0.276. The Bertz CT molecular complexity index is 491. The van der Waals surface area contributed by atoms with Crippen molar-refractivity contribution >= 4 is 31.5 Å². The molecule has 0 atom stereocenters. The average Bonchev–Trinajstić information content (AvgIpc) is 2.53. The van der Waals surface area contributed by atoms with Crippen molar-refractivity contribution in [2.24, 2.45) is 0 Å². The van der Waals surface area contributed by atoms with Crippen LogP contribution in [0.1, 0.15) is 52.7 Å². The zero-order valence-corrected chi connectivity index (χ0v) is 19.9. The van der Waals surface area contributed by atoms with Crippen LogP contribution < -0.4 is 0 Å². The molecule has 0 aliphatic rings. The van der Waals surface area contributed by atoms with E-state index in [1.54, 1.807) is 0 Å². The number of alkyl halides is 1. The molecule has 0 bridgehead atoms. The highest BCUT2D eigenvalue weighted by molar-refractivity contribution is 6.74. The number of benzene rings is 1. The molecule has 1 aromatic carbocycles. The summed E-state index contributed by atoms with van der Waals surface area (Å²) in [5.41, 5.74) is 2.14. The second-order valence-corrected chi connectivity index (χ2v) is 13.3. The van der Waals surface area contributed by atoms with Crippen molar-refractivity contribution in [3.8, 4) is 0 Å². The molecule has 0 saturated carbocycles. The molecule has 0 aliphatic heterocycles. The molecule has 0 fully saturated rings. The Morgan fingerprint density at radius 2 is 1.44 bits per heavy atom. The SMILES string of the molecule is CC(C)(C)[Si](C)(C)OCc1cc(Cl)cc(CCl)c1.CCN(CC)CC. The van der Waals surface area contributed by atoms with Gasteiger partial charge in [0.25, 0.3) is 0 Å². The van der Waals surface area contributed by atoms with Crippen LogP contribution in [0.25, 0.3) is 0 Å². The van der Waals surface area contributed by atoms with E-state index in [2.05, 4.69) is 65.6 Å². The Morgan fingerprint density at radius 3 is 1.80 bits per heavy atom. The Kier molecular flexibility index (Phi) is 11.6. The van der Waals surface area contributed by atoms with Gasteiger partial charge in [-0.1, -0.05) is 59.2 Å². The third-order valence-electron chi connectivity index (χ3n) is 4.92. The quantitative estimate of drug-likeness (QED) is 0.359. The third-order valence-corrected chi connectivity index (χ3v) is 9.92. The Balaban J connectivity index is 0.000000697. The molecule has 2 nitrogen and oxygen atoms in total. The minimum atomic E-state index is -1.71. The van der Waals surface area contributed by atoms with E-state index in [-0.39, 0.29) is 5.04 Å². The highest BCUT2D eigenvalue weighted by Crippen LogP contribution is 2.37. The van der Waals surface area contributed by atoms with Crippen molar-refractivity contribution in [3.63, 3.8) is 0 Å². The van der Waals surface area contributed by atoms with Crippen molar-refractivity contribution in [1.29, 1.82) is 0 Å². The van der Waals surface area contributed by atoms with Crippen LogP contribution in [0, 0.1) is 0 Å². The predicted octanol–water partition coefficient (Wildman–Crippen LogP) is 6.95. The maximum absolute atomic E-state index is 6.17. The van der Waals surface area contributed by atoms with Crippen LogP contribution >= 0.6 is 23.2 Å². The maximum atomic E-state index is 6.17. The van der Waals surface area contributed by atoms with E-state index in [9.17, 15) is 0 Å². The van der Waals surface area contributed by atoms with Crippen molar-refractivity contribution < 1.29 is 4.43 Å². The summed E-state index contributed by atoms with van der Waals surface area (Å²) in [5, 5.41) is 0.947. The fourth-order valence-electron chi connectivity index (χ4n) is 2.03. The molecule has 0 amide bonds. The molecule has 0 saturated heterocycles. The molecule has 0 N–H and O–H groups in total. The molecule has 0 aliphatic carbocycles. The molecule has 1 rings (SSSR count). The van der Waals surface area contributed by atoms with Gasteiger partial charge in [0.05, 0.1) is 6.61 Å². The smallest absolute Gasteiger partial charge is 0.192 e. The fourth-order valence-corrected chi connectivity index (χ4v) is 3.42. The topological polar surface area (TPSA) is 12.5 Å². The Hall–Kier alpha value is -0.0631. The standard InChI is InChI=1S/C14H22Cl2OSi.C6H15N/c1-14(2,3)18(4,5)17-10-12-6-11(9-15)7-13(16)8-12;1-4-7(5-2)6-3/h6-8H,9-10H2,1-5H3;4-6H2,1-3H3. The van der Waals surface area contributed by atoms with E-state index in [0.29, 0.717) is 12.5 Å². The molecular formula is C20H37Cl2NOSi. The lowest BCUT2D eigenvalue weighted by atomic mass is 10.1. The van der Waals surface area contributed by atoms with E-state index in [0.717, 1.165) is 16.1 Å². The van der Waals surface area contributed by atoms with Gasteiger partial charge in [0.2, 0.25) is 0 Å². The number of hydrogen-bond acceptors (Lipinski definition) is 2. The van der Waals surface area contributed by atoms with Gasteiger partial charge in [-0.2, -0.15) is 0 Å². The van der Waals surface area contributed by atoms with Crippen LogP contribution in [0.2, 0.25) is 23.2 Å². The van der Waals surface area contributed by atoms with Crippen molar-refractivity contribution in [2.45, 2.75) is 72.2 Å². The van der Waals surface area contributed by atoms with Crippen LogP contribution in [0.5, 0.6) is 0 Å². The van der Waals surface area contributed by atoms with E-state index in [1.807, 2.05) is 12.1 Å². The van der Waals surface area contributed by atoms with Gasteiger partial charge in [0, 0.05) is 10.9 Å². The molecule has 146 valence electrons. The molecule has 0 aromatic heterocycles. The van der Waals surface area contributed by atoms with Gasteiger partial charge in [-0.25, -0.2) is 0 Å². The van der Waals surface area contributed by atoms with E-state index in [4.69, 9.17) is 27.6 Å². The van der Waals surface area contributed by atoms with Crippen LogP contribution in [-0.2, 0) is 16.9 Å². The van der Waals surface area contributed by atoms with Crippen molar-refractivity contribution in [2.75, 3.05) is 19.6 Å². The second kappa shape index (κ2) is 11.6. The van der Waals surface area contributed by atoms with Gasteiger partial charge < -0.3 is 9.33 Å². The molecule has 0 heterocycles. The van der Waals surface area contributed by atoms with Crippen LogP contribution in [-0.4, -0.2) is 32.9 Å². The summed E-state index contributed by atoms with van der Waals surface area (Å²) in [5.74, 6) is 0.480. The van der Waals surface area contributed by atoms with E-state index < -0.39 is 8.32 Å². The third kappa shape index (κ3) is 9.44. The van der Waals surface area contributed by atoms with Crippen LogP contribution in [0.15, 0.2) is 18.2 Å². The summed E-state index contributed by atoms with van der Waals surface area (Å²) < 4.78 is 6.17. The van der Waals surface area contributed by atoms with Gasteiger partial charge >= 0.3 is 0 Å². The van der Waals surface area contributed by atoms with Gasteiger partial charge in [-0.05, 0) is 61.0 Å². The Morgan fingerprint density at radius 1 is 0.960 bits per heavy atom. The number of halogens is 2. The highest BCUT2D eigenvalue weighted by Gasteiger charge is 2.37. The highest BCUT2D eigenvalue weighted by atomic mass is 35.5. The van der Waals surface area contributed by atoms with Gasteiger partial charge in [-0.3, -0.25) is 0 Å². The van der Waals surface area contributed by atoms with Crippen molar-refractivity contribution in [3.05, 3.63) is 34.3 Å². The molecule has 5 heteroatoms. The first-order valence-corrected chi connectivity index (χ1v) is 13.0. The zero-order valence-electron chi connectivity index (χ0n) is 17.4. The first-order chi connectivity index (χ1) is 11.5. The maximum Gasteiger partial charge on any atom is 0.192 e. The summed E-state index contributed by atoms with van der Waals surface area (Å²) in [4.78, 5) is 2.38. The van der Waals surface area contributed by atoms with E-state index in [1.165, 1.54) is 19.6 Å². The van der Waals surface area contributed by atoms with Gasteiger partial charge in [-0.15, -0.1) is 11.6 Å². The van der Waals surface area contributed by atoms with Crippen LogP contribution in [0.3, 0.4) is 0 Å². The lowest BCUT2D eigenvalue weighted by Crippen LogP contribution is -2.40. The fraction of sp³-hybridized carbons (Fsp3) is 0.700. The number of nitrogens with zero attached hydrogens (tertiary/aromatic N) is 1. The van der Waals surface area contributed by atoms with Crippen LogP contribution in [0.4, 0.5) is 0 Å². The Labute approximate surface area is 167 Å². The summed E-state index contributed by atoms with van der Waals surface area (Å²) >= 11 is 11.9. The molecule has 25 heavy (non-hydrogen) atoms. The average molecular weight is 407 g/mol. The monoisotopic (exact) mass is 405 g/mol. The molecule has 0 spiro atoms. The first kappa shape index (κ1) is 24.9. The molecule has 0 unspecified atom stereocenters. The summed E-state index contributed by atoms with van der Waals surface area (Å²) in [6.45, 7) is 21.9. The molecule has 1 aromatic rings. The number of hydrogen-bond donors (Lipinski definition) is 0. The normalized spacial score (nSPS) is 12.1. The molecular weight excluding hydrogens is 369 g/mol. The first-order valence-electron chi connectivity index (χ1n) is 9.21.